The molecule has 7 heteroatoms. The third kappa shape index (κ3) is 3.38. The van der Waals surface area contributed by atoms with Gasteiger partial charge < -0.3 is 10.2 Å². The van der Waals surface area contributed by atoms with Gasteiger partial charge in [0.25, 0.3) is 0 Å². The van der Waals surface area contributed by atoms with Crippen molar-refractivity contribution < 1.29 is 13.2 Å². The van der Waals surface area contributed by atoms with Gasteiger partial charge in [0.1, 0.15) is 17.5 Å². The highest BCUT2D eigenvalue weighted by Crippen LogP contribution is 2.25. The van der Waals surface area contributed by atoms with Crippen LogP contribution in [0.5, 0.6) is 0 Å². The van der Waals surface area contributed by atoms with Gasteiger partial charge in [-0.1, -0.05) is 0 Å². The van der Waals surface area contributed by atoms with Crippen LogP contribution >= 0.6 is 0 Å². The highest BCUT2D eigenvalue weighted by atomic mass is 19.2. The van der Waals surface area contributed by atoms with Gasteiger partial charge in [-0.15, -0.1) is 0 Å². The second kappa shape index (κ2) is 6.44. The molecule has 0 spiro atoms. The molecule has 0 radical (unpaired) electrons. The van der Waals surface area contributed by atoms with E-state index >= 15 is 0 Å². The minimum atomic E-state index is -1.50. The average Bonchev–Trinajstić information content (AvgIpc) is 2.56. The van der Waals surface area contributed by atoms with Gasteiger partial charge in [-0.25, -0.2) is 23.1 Å². The summed E-state index contributed by atoms with van der Waals surface area (Å²) in [4.78, 5) is 10.7. The standard InChI is InChI=1S/C16H17F3N4/c1-10-20-13(9-14(21-10)23-7-3-2-4-8-23)22-12-6-5-11(17)15(18)16(12)19/h5-6,9H,2-4,7-8H2,1H3,(H,20,21,22). The molecule has 2 aromatic rings. The quantitative estimate of drug-likeness (QED) is 0.869. The third-order valence-corrected chi connectivity index (χ3v) is 3.80. The first-order valence-electron chi connectivity index (χ1n) is 7.56. The molecule has 0 amide bonds. The summed E-state index contributed by atoms with van der Waals surface area (Å²) < 4.78 is 40.1. The van der Waals surface area contributed by atoms with Crippen molar-refractivity contribution >= 4 is 17.3 Å². The predicted molar refractivity (Wildman–Crippen MR) is 82.4 cm³/mol. The van der Waals surface area contributed by atoms with E-state index in [4.69, 9.17) is 0 Å². The lowest BCUT2D eigenvalue weighted by molar-refractivity contribution is 0.449. The maximum atomic E-state index is 13.8. The molecule has 0 atom stereocenters. The number of benzene rings is 1. The zero-order valence-corrected chi connectivity index (χ0v) is 12.7. The Bertz CT molecular complexity index is 715. The molecule has 1 saturated heterocycles. The number of anilines is 3. The van der Waals surface area contributed by atoms with Crippen LogP contribution in [0.15, 0.2) is 18.2 Å². The lowest BCUT2D eigenvalue weighted by Crippen LogP contribution is -2.30. The van der Waals surface area contributed by atoms with Crippen LogP contribution in [0.3, 0.4) is 0 Å². The summed E-state index contributed by atoms with van der Waals surface area (Å²) in [5, 5.41) is 2.70. The van der Waals surface area contributed by atoms with Gasteiger partial charge in [0.15, 0.2) is 17.5 Å². The Morgan fingerprint density at radius 1 is 1.00 bits per heavy atom. The molecule has 3 rings (SSSR count). The van der Waals surface area contributed by atoms with Crippen molar-refractivity contribution in [2.45, 2.75) is 26.2 Å². The molecule has 1 N–H and O–H groups in total. The smallest absolute Gasteiger partial charge is 0.196 e. The van der Waals surface area contributed by atoms with Crippen LogP contribution in [-0.2, 0) is 0 Å². The van der Waals surface area contributed by atoms with Crippen LogP contribution in [0.1, 0.15) is 25.1 Å². The summed E-state index contributed by atoms with van der Waals surface area (Å²) in [6, 6.07) is 3.71. The summed E-state index contributed by atoms with van der Waals surface area (Å²) in [6.07, 6.45) is 3.40. The first-order valence-corrected chi connectivity index (χ1v) is 7.56. The molecule has 23 heavy (non-hydrogen) atoms. The number of nitrogens with one attached hydrogen (secondary N) is 1. The first kappa shape index (κ1) is 15.6. The Morgan fingerprint density at radius 3 is 2.48 bits per heavy atom. The van der Waals surface area contributed by atoms with Crippen LogP contribution < -0.4 is 10.2 Å². The van der Waals surface area contributed by atoms with E-state index in [0.717, 1.165) is 43.9 Å². The topological polar surface area (TPSA) is 41.1 Å². The average molecular weight is 322 g/mol. The predicted octanol–water partition coefficient (Wildman–Crippen LogP) is 3.94. The number of halogens is 3. The van der Waals surface area contributed by atoms with E-state index in [-0.39, 0.29) is 5.69 Å². The molecule has 1 aromatic heterocycles. The Balaban J connectivity index is 1.88. The molecule has 122 valence electrons. The molecule has 1 aliphatic rings. The zero-order chi connectivity index (χ0) is 16.4. The summed E-state index contributed by atoms with van der Waals surface area (Å²) in [5.41, 5.74) is -0.161. The Hall–Kier alpha value is -2.31. The van der Waals surface area contributed by atoms with E-state index in [0.29, 0.717) is 11.6 Å². The SMILES string of the molecule is Cc1nc(Nc2ccc(F)c(F)c2F)cc(N2CCCCC2)n1. The lowest BCUT2D eigenvalue weighted by atomic mass is 10.1. The Labute approximate surface area is 132 Å². The lowest BCUT2D eigenvalue weighted by Gasteiger charge is -2.28. The number of hydrogen-bond acceptors (Lipinski definition) is 4. The molecule has 2 heterocycles. The highest BCUT2D eigenvalue weighted by Gasteiger charge is 2.16. The van der Waals surface area contributed by atoms with E-state index in [2.05, 4.69) is 20.2 Å². The van der Waals surface area contributed by atoms with E-state index in [1.807, 2.05) is 0 Å². The normalized spacial score (nSPS) is 14.9. The van der Waals surface area contributed by atoms with Gasteiger partial charge in [-0.2, -0.15) is 0 Å². The molecule has 1 aliphatic heterocycles. The molecule has 1 fully saturated rings. The molecule has 0 aliphatic carbocycles. The van der Waals surface area contributed by atoms with Crippen molar-refractivity contribution in [1.82, 2.24) is 9.97 Å². The maximum Gasteiger partial charge on any atom is 0.196 e. The van der Waals surface area contributed by atoms with E-state index in [1.165, 1.54) is 6.42 Å². The van der Waals surface area contributed by atoms with E-state index in [9.17, 15) is 13.2 Å². The van der Waals surface area contributed by atoms with Crippen molar-refractivity contribution in [1.29, 1.82) is 0 Å². The Kier molecular flexibility index (Phi) is 4.36. The van der Waals surface area contributed by atoms with Crippen LogP contribution in [0.2, 0.25) is 0 Å². The molecular weight excluding hydrogens is 305 g/mol. The molecule has 0 unspecified atom stereocenters. The fourth-order valence-corrected chi connectivity index (χ4v) is 2.66. The monoisotopic (exact) mass is 322 g/mol. The van der Waals surface area contributed by atoms with Crippen LogP contribution in [-0.4, -0.2) is 23.1 Å². The van der Waals surface area contributed by atoms with Crippen LogP contribution in [0.4, 0.5) is 30.5 Å². The van der Waals surface area contributed by atoms with E-state index in [1.54, 1.807) is 13.0 Å². The van der Waals surface area contributed by atoms with Crippen molar-refractivity contribution in [3.63, 3.8) is 0 Å². The minimum Gasteiger partial charge on any atom is -0.356 e. The number of rotatable bonds is 3. The molecule has 0 bridgehead atoms. The number of hydrogen-bond donors (Lipinski definition) is 1. The van der Waals surface area contributed by atoms with Gasteiger partial charge in [0.05, 0.1) is 5.69 Å². The van der Waals surface area contributed by atoms with Crippen molar-refractivity contribution in [3.05, 3.63) is 41.5 Å². The minimum absolute atomic E-state index is 0.161. The summed E-state index contributed by atoms with van der Waals surface area (Å²) >= 11 is 0. The van der Waals surface area contributed by atoms with Crippen molar-refractivity contribution in [2.75, 3.05) is 23.3 Å². The van der Waals surface area contributed by atoms with Gasteiger partial charge in [-0.3, -0.25) is 0 Å². The fraction of sp³-hybridized carbons (Fsp3) is 0.375. The molecule has 0 saturated carbocycles. The van der Waals surface area contributed by atoms with E-state index < -0.39 is 17.5 Å². The van der Waals surface area contributed by atoms with Gasteiger partial charge in [-0.05, 0) is 38.3 Å². The zero-order valence-electron chi connectivity index (χ0n) is 12.7. The number of piperidine rings is 1. The van der Waals surface area contributed by atoms with Crippen LogP contribution in [0, 0.1) is 24.4 Å². The second-order valence-electron chi connectivity index (χ2n) is 5.55. The number of aryl methyl sites for hydroxylation is 1. The molecule has 1 aromatic carbocycles. The summed E-state index contributed by atoms with van der Waals surface area (Å²) in [6.45, 7) is 3.56. The number of nitrogens with zero attached hydrogens (tertiary/aromatic N) is 3. The van der Waals surface area contributed by atoms with Gasteiger partial charge >= 0.3 is 0 Å². The van der Waals surface area contributed by atoms with Gasteiger partial charge in [0.2, 0.25) is 0 Å². The molecular formula is C16H17F3N4. The van der Waals surface area contributed by atoms with Gasteiger partial charge in [0, 0.05) is 19.2 Å². The Morgan fingerprint density at radius 2 is 1.74 bits per heavy atom. The van der Waals surface area contributed by atoms with Crippen molar-refractivity contribution in [2.24, 2.45) is 0 Å². The van der Waals surface area contributed by atoms with Crippen LogP contribution in [0.25, 0.3) is 0 Å². The largest absolute Gasteiger partial charge is 0.356 e. The summed E-state index contributed by atoms with van der Waals surface area (Å²) in [7, 11) is 0. The highest BCUT2D eigenvalue weighted by molar-refractivity contribution is 5.60. The number of aromatic nitrogens is 2. The third-order valence-electron chi connectivity index (χ3n) is 3.80. The fourth-order valence-electron chi connectivity index (χ4n) is 2.66. The van der Waals surface area contributed by atoms with Crippen molar-refractivity contribution in [3.8, 4) is 0 Å². The molecule has 4 nitrogen and oxygen atoms in total. The maximum absolute atomic E-state index is 13.8. The second-order valence-corrected chi connectivity index (χ2v) is 5.55. The summed E-state index contributed by atoms with van der Waals surface area (Å²) in [5.74, 6) is -2.36. The first-order chi connectivity index (χ1) is 11.0.